The van der Waals surface area contributed by atoms with Crippen LogP contribution in [-0.2, 0) is 6.54 Å². The predicted octanol–water partition coefficient (Wildman–Crippen LogP) is 3.05. The maximum Gasteiger partial charge on any atom is 0.324 e. The van der Waals surface area contributed by atoms with Crippen LogP contribution in [0.2, 0.25) is 0 Å². The topological polar surface area (TPSA) is 74.7 Å². The number of methoxy groups -OCH3 is 1. The van der Waals surface area contributed by atoms with E-state index in [2.05, 4.69) is 10.3 Å². The first kappa shape index (κ1) is 14.6. The van der Waals surface area contributed by atoms with Gasteiger partial charge in [-0.15, -0.1) is 11.3 Å². The molecule has 0 bridgehead atoms. The lowest BCUT2D eigenvalue weighted by atomic mass is 10.2. The van der Waals surface area contributed by atoms with E-state index < -0.39 is 0 Å². The van der Waals surface area contributed by atoms with Gasteiger partial charge in [0.2, 0.25) is 0 Å². The summed E-state index contributed by atoms with van der Waals surface area (Å²) >= 11 is 1.39. The van der Waals surface area contributed by atoms with Crippen LogP contribution in [0.5, 0.6) is 11.5 Å². The van der Waals surface area contributed by atoms with Crippen molar-refractivity contribution in [2.24, 2.45) is 0 Å². The summed E-state index contributed by atoms with van der Waals surface area (Å²) in [5.41, 5.74) is 0.913. The highest BCUT2D eigenvalue weighted by Gasteiger charge is 2.33. The first-order valence-corrected chi connectivity index (χ1v) is 7.88. The molecule has 1 aliphatic rings. The number of nitrogens with zero attached hydrogens (tertiary/aromatic N) is 2. The van der Waals surface area contributed by atoms with Gasteiger partial charge in [0.1, 0.15) is 0 Å². The number of phenolic OH excluding ortho intramolecular Hbond substituents is 1. The highest BCUT2D eigenvalue weighted by Crippen LogP contribution is 2.31. The molecule has 0 saturated heterocycles. The number of nitrogens with one attached hydrogen (secondary N) is 1. The summed E-state index contributed by atoms with van der Waals surface area (Å²) in [7, 11) is 1.51. The Hall–Kier alpha value is -2.28. The lowest BCUT2D eigenvalue weighted by Gasteiger charge is -2.22. The molecule has 1 heterocycles. The van der Waals surface area contributed by atoms with Crippen LogP contribution in [0.3, 0.4) is 0 Å². The lowest BCUT2D eigenvalue weighted by Crippen LogP contribution is -2.36. The molecular formula is C15H17N3O3S. The van der Waals surface area contributed by atoms with Crippen molar-refractivity contribution < 1.29 is 14.6 Å². The molecule has 7 heteroatoms. The second kappa shape index (κ2) is 6.23. The summed E-state index contributed by atoms with van der Waals surface area (Å²) in [6.45, 7) is 0.471. The van der Waals surface area contributed by atoms with Crippen molar-refractivity contribution in [1.82, 2.24) is 9.88 Å². The summed E-state index contributed by atoms with van der Waals surface area (Å²) in [6, 6.07) is 5.24. The molecule has 0 aliphatic heterocycles. The molecule has 1 aromatic heterocycles. The minimum absolute atomic E-state index is 0.0939. The van der Waals surface area contributed by atoms with Crippen LogP contribution < -0.4 is 10.1 Å². The number of rotatable bonds is 5. The van der Waals surface area contributed by atoms with Crippen LogP contribution in [0.1, 0.15) is 18.4 Å². The molecule has 1 fully saturated rings. The summed E-state index contributed by atoms with van der Waals surface area (Å²) in [4.78, 5) is 18.3. The van der Waals surface area contributed by atoms with Crippen molar-refractivity contribution >= 4 is 22.5 Å². The van der Waals surface area contributed by atoms with E-state index in [0.717, 1.165) is 18.4 Å². The molecule has 2 amide bonds. The number of hydrogen-bond donors (Lipinski definition) is 2. The van der Waals surface area contributed by atoms with Crippen molar-refractivity contribution in [2.75, 3.05) is 12.4 Å². The van der Waals surface area contributed by atoms with Crippen LogP contribution in [0.15, 0.2) is 29.8 Å². The fraction of sp³-hybridized carbons (Fsp3) is 0.333. The van der Waals surface area contributed by atoms with E-state index in [-0.39, 0.29) is 17.8 Å². The first-order chi connectivity index (χ1) is 10.7. The van der Waals surface area contributed by atoms with Gasteiger partial charge in [-0.2, -0.15) is 0 Å². The summed E-state index contributed by atoms with van der Waals surface area (Å²) in [5, 5.41) is 14.9. The Morgan fingerprint density at radius 1 is 1.55 bits per heavy atom. The van der Waals surface area contributed by atoms with Gasteiger partial charge in [-0.1, -0.05) is 6.07 Å². The quantitative estimate of drug-likeness (QED) is 0.888. The number of carbonyl (C=O) groups is 1. The summed E-state index contributed by atoms with van der Waals surface area (Å²) in [5.74, 6) is 0.505. The van der Waals surface area contributed by atoms with Crippen molar-refractivity contribution in [1.29, 1.82) is 0 Å². The van der Waals surface area contributed by atoms with Crippen molar-refractivity contribution in [3.8, 4) is 11.5 Å². The van der Waals surface area contributed by atoms with Gasteiger partial charge in [0.25, 0.3) is 0 Å². The van der Waals surface area contributed by atoms with Gasteiger partial charge in [0, 0.05) is 24.2 Å². The molecule has 1 aliphatic carbocycles. The van der Waals surface area contributed by atoms with Gasteiger partial charge < -0.3 is 14.7 Å². The third-order valence-corrected chi connectivity index (χ3v) is 4.18. The molecule has 2 aromatic rings. The van der Waals surface area contributed by atoms with Gasteiger partial charge in [0.05, 0.1) is 7.11 Å². The van der Waals surface area contributed by atoms with Gasteiger partial charge in [-0.25, -0.2) is 9.78 Å². The number of carbonyl (C=O) groups excluding carboxylic acids is 1. The monoisotopic (exact) mass is 319 g/mol. The van der Waals surface area contributed by atoms with Crippen LogP contribution in [0, 0.1) is 0 Å². The highest BCUT2D eigenvalue weighted by atomic mass is 32.1. The number of thiazole rings is 1. The number of ether oxygens (including phenoxy) is 1. The number of amides is 2. The van der Waals surface area contributed by atoms with Crippen molar-refractivity contribution in [3.05, 3.63) is 35.3 Å². The maximum atomic E-state index is 12.4. The Morgan fingerprint density at radius 3 is 3.00 bits per heavy atom. The molecule has 1 saturated carbocycles. The molecule has 3 rings (SSSR count). The number of benzene rings is 1. The minimum Gasteiger partial charge on any atom is -0.504 e. The van der Waals surface area contributed by atoms with Crippen LogP contribution >= 0.6 is 11.3 Å². The molecule has 2 N–H and O–H groups in total. The molecular weight excluding hydrogens is 302 g/mol. The summed E-state index contributed by atoms with van der Waals surface area (Å²) < 4.78 is 5.11. The van der Waals surface area contributed by atoms with E-state index in [1.807, 2.05) is 5.38 Å². The van der Waals surface area contributed by atoms with Gasteiger partial charge in [0.15, 0.2) is 16.6 Å². The standard InChI is InChI=1S/C15H17N3O3S/c1-21-13-8-10(2-5-12(13)19)9-18(11-3-4-11)15(20)17-14-16-6-7-22-14/h2,5-8,11,19H,3-4,9H2,1H3,(H,16,17,20). The van der Waals surface area contributed by atoms with Crippen LogP contribution in [0.4, 0.5) is 9.93 Å². The van der Waals surface area contributed by atoms with Crippen LogP contribution in [-0.4, -0.2) is 34.2 Å². The molecule has 0 spiro atoms. The van der Waals surface area contributed by atoms with E-state index >= 15 is 0 Å². The number of aromatic nitrogens is 1. The van der Waals surface area contributed by atoms with E-state index in [1.165, 1.54) is 18.4 Å². The Labute approximate surface area is 132 Å². The summed E-state index contributed by atoms with van der Waals surface area (Å²) in [6.07, 6.45) is 3.69. The number of aromatic hydroxyl groups is 1. The number of anilines is 1. The second-order valence-electron chi connectivity index (χ2n) is 5.13. The van der Waals surface area contributed by atoms with Gasteiger partial charge in [-0.3, -0.25) is 5.32 Å². The lowest BCUT2D eigenvalue weighted by molar-refractivity contribution is 0.206. The Kier molecular flexibility index (Phi) is 4.15. The van der Waals surface area contributed by atoms with Crippen molar-refractivity contribution in [2.45, 2.75) is 25.4 Å². The van der Waals surface area contributed by atoms with Gasteiger partial charge in [-0.05, 0) is 30.5 Å². The molecule has 0 unspecified atom stereocenters. The van der Waals surface area contributed by atoms with E-state index in [1.54, 1.807) is 29.3 Å². The smallest absolute Gasteiger partial charge is 0.324 e. The third kappa shape index (κ3) is 3.30. The van der Waals surface area contributed by atoms with E-state index in [4.69, 9.17) is 4.74 Å². The Bertz CT molecular complexity index is 656. The largest absolute Gasteiger partial charge is 0.504 e. The van der Waals surface area contributed by atoms with E-state index in [9.17, 15) is 9.90 Å². The fourth-order valence-corrected chi connectivity index (χ4v) is 2.74. The number of phenols is 1. The fourth-order valence-electron chi connectivity index (χ4n) is 2.22. The molecule has 0 atom stereocenters. The SMILES string of the molecule is COc1cc(CN(C(=O)Nc2nccs2)C2CC2)ccc1O. The zero-order valence-corrected chi connectivity index (χ0v) is 13.0. The normalized spacial score (nSPS) is 13.7. The maximum absolute atomic E-state index is 12.4. The molecule has 6 nitrogen and oxygen atoms in total. The highest BCUT2D eigenvalue weighted by molar-refractivity contribution is 7.13. The Morgan fingerprint density at radius 2 is 2.36 bits per heavy atom. The third-order valence-electron chi connectivity index (χ3n) is 3.49. The number of urea groups is 1. The predicted molar refractivity (Wildman–Crippen MR) is 84.4 cm³/mol. The minimum atomic E-state index is -0.149. The Balaban J connectivity index is 1.73. The van der Waals surface area contributed by atoms with Gasteiger partial charge >= 0.3 is 6.03 Å². The second-order valence-corrected chi connectivity index (χ2v) is 6.03. The molecule has 22 heavy (non-hydrogen) atoms. The number of hydrogen-bond acceptors (Lipinski definition) is 5. The molecule has 0 radical (unpaired) electrons. The van der Waals surface area contributed by atoms with E-state index in [0.29, 0.717) is 17.4 Å². The first-order valence-electron chi connectivity index (χ1n) is 7.00. The zero-order valence-electron chi connectivity index (χ0n) is 12.2. The van der Waals surface area contributed by atoms with Crippen LogP contribution in [0.25, 0.3) is 0 Å². The van der Waals surface area contributed by atoms with Crippen molar-refractivity contribution in [3.63, 3.8) is 0 Å². The molecule has 1 aromatic carbocycles. The average Bonchev–Trinajstić information content (AvgIpc) is 3.23. The molecule has 116 valence electrons. The zero-order chi connectivity index (χ0) is 15.5. The average molecular weight is 319 g/mol.